The molecule has 0 aromatic rings. The van der Waals surface area contributed by atoms with Crippen molar-refractivity contribution in [1.29, 1.82) is 0 Å². The fraction of sp³-hybridized carbons (Fsp3) is 0.667. The van der Waals surface area contributed by atoms with Crippen molar-refractivity contribution in [2.75, 3.05) is 0 Å². The van der Waals surface area contributed by atoms with E-state index in [-0.39, 0.29) is 132 Å². The van der Waals surface area contributed by atoms with Gasteiger partial charge in [0.25, 0.3) is 0 Å². The van der Waals surface area contributed by atoms with Crippen molar-refractivity contribution in [3.8, 4) is 0 Å². The van der Waals surface area contributed by atoms with Crippen LogP contribution in [0.4, 0.5) is 0 Å². The molecule has 8 heteroatoms. The molecule has 0 spiro atoms. The van der Waals surface area contributed by atoms with Crippen molar-refractivity contribution in [3.63, 3.8) is 0 Å². The van der Waals surface area contributed by atoms with Crippen LogP contribution >= 0.6 is 12.4 Å². The Balaban J connectivity index is -0.0000000125. The molecule has 0 saturated heterocycles. The van der Waals surface area contributed by atoms with Crippen molar-refractivity contribution >= 4 is 138 Å². The first-order valence-electron chi connectivity index (χ1n) is 1.55. The molecule has 0 aliphatic rings. The average molecular weight is 243 g/mol. The van der Waals surface area contributed by atoms with E-state index in [4.69, 9.17) is 10.2 Å². The summed E-state index contributed by atoms with van der Waals surface area (Å²) >= 11 is 0. The van der Waals surface area contributed by atoms with Gasteiger partial charge < -0.3 is 10.2 Å². The van der Waals surface area contributed by atoms with Gasteiger partial charge in [0.05, 0.1) is 0 Å². The first-order chi connectivity index (χ1) is 2.64. The van der Waals surface area contributed by atoms with Crippen LogP contribution in [0.1, 0.15) is 6.92 Å². The van der Waals surface area contributed by atoms with Crippen LogP contribution in [0.15, 0.2) is 0 Å². The van der Waals surface area contributed by atoms with E-state index in [2.05, 4.69) is 0 Å². The molecule has 0 fully saturated rings. The summed E-state index contributed by atoms with van der Waals surface area (Å²) < 4.78 is 0. The standard InChI is InChI=1S/C3H6O3.Ca.ClH.Mg.2Na.6H/c1-2(4)3(5)6;;;;;;;;;;;/h2,4H,1H3,(H,5,6);;1H;;;;;;;;;. The number of hydrogen-bond donors (Lipinski definition) is 2. The first-order valence-corrected chi connectivity index (χ1v) is 1.55. The molecule has 0 aromatic carbocycles. The molecule has 0 rings (SSSR count). The molecule has 0 aliphatic carbocycles. The second-order valence-corrected chi connectivity index (χ2v) is 1.01. The Morgan fingerprint density at radius 3 is 1.45 bits per heavy atom. The zero-order valence-corrected chi connectivity index (χ0v) is 4.60. The summed E-state index contributed by atoms with van der Waals surface area (Å²) in [5.41, 5.74) is 0. The Labute approximate surface area is 163 Å². The van der Waals surface area contributed by atoms with E-state index in [1.807, 2.05) is 0 Å². The third kappa shape index (κ3) is 31.6. The van der Waals surface area contributed by atoms with Crippen LogP contribution in [0, 0.1) is 0 Å². The van der Waals surface area contributed by atoms with Gasteiger partial charge in [0.2, 0.25) is 0 Å². The number of rotatable bonds is 1. The predicted octanol–water partition coefficient (Wildman–Crippen LogP) is -3.26. The molecule has 2 N–H and O–H groups in total. The van der Waals surface area contributed by atoms with Crippen LogP contribution in [0.25, 0.3) is 0 Å². The third-order valence-electron chi connectivity index (χ3n) is 0.357. The second-order valence-electron chi connectivity index (χ2n) is 1.01. The van der Waals surface area contributed by atoms with E-state index in [0.717, 1.165) is 0 Å². The van der Waals surface area contributed by atoms with E-state index >= 15 is 0 Å². The number of aliphatic carboxylic acids is 1. The first kappa shape index (κ1) is 36.4. The minimum absolute atomic E-state index is 0. The van der Waals surface area contributed by atoms with Gasteiger partial charge in [-0.1, -0.05) is 0 Å². The summed E-state index contributed by atoms with van der Waals surface area (Å²) in [7, 11) is 0. The molecular weight excluding hydrogens is 230 g/mol. The number of carboxylic acids is 1. The Hall–Kier alpha value is 3.75. The molecule has 1 unspecified atom stereocenters. The summed E-state index contributed by atoms with van der Waals surface area (Å²) in [5, 5.41) is 15.8. The molecule has 0 radical (unpaired) electrons. The van der Waals surface area contributed by atoms with Crippen molar-refractivity contribution in [2.45, 2.75) is 13.0 Å². The minimum atomic E-state index is -1.23. The van der Waals surface area contributed by atoms with Gasteiger partial charge in [-0.2, -0.15) is 0 Å². The van der Waals surface area contributed by atoms with Gasteiger partial charge in [-0.05, 0) is 6.92 Å². The van der Waals surface area contributed by atoms with Crippen molar-refractivity contribution in [1.82, 2.24) is 0 Å². The van der Waals surface area contributed by atoms with Crippen LogP contribution in [-0.4, -0.2) is 142 Å². The number of halogens is 1. The third-order valence-corrected chi connectivity index (χ3v) is 0.357. The Bertz CT molecular complexity index is 77.6. The molecule has 11 heavy (non-hydrogen) atoms. The van der Waals surface area contributed by atoms with E-state index in [9.17, 15) is 4.79 Å². The summed E-state index contributed by atoms with van der Waals surface area (Å²) in [6.45, 7) is 1.20. The van der Waals surface area contributed by atoms with Gasteiger partial charge in [0.1, 0.15) is 6.10 Å². The maximum absolute atomic E-state index is 9.45. The maximum atomic E-state index is 9.45. The van der Waals surface area contributed by atoms with Crippen LogP contribution in [0.5, 0.6) is 0 Å². The van der Waals surface area contributed by atoms with Crippen molar-refractivity contribution < 1.29 is 15.0 Å². The fourth-order valence-electron chi connectivity index (χ4n) is 0. The molecule has 0 saturated carbocycles. The van der Waals surface area contributed by atoms with Crippen LogP contribution in [0.2, 0.25) is 0 Å². The Morgan fingerprint density at radius 2 is 1.45 bits per heavy atom. The van der Waals surface area contributed by atoms with Crippen LogP contribution in [0.3, 0.4) is 0 Å². The van der Waals surface area contributed by atoms with Crippen molar-refractivity contribution in [3.05, 3.63) is 0 Å². The van der Waals surface area contributed by atoms with Gasteiger partial charge in [-0.15, -0.1) is 12.4 Å². The second kappa shape index (κ2) is 23.5. The SMILES string of the molecule is CC(O)C(=O)O.Cl.[CaH2].[MgH2].[NaH].[NaH]. The van der Waals surface area contributed by atoms with Crippen LogP contribution in [-0.2, 0) is 4.79 Å². The Kier molecular flexibility index (Phi) is 77.9. The summed E-state index contributed by atoms with van der Waals surface area (Å²) in [4.78, 5) is 9.45. The number of hydrogen-bond acceptors (Lipinski definition) is 2. The number of aliphatic hydroxyl groups excluding tert-OH is 1. The van der Waals surface area contributed by atoms with Gasteiger partial charge in [0.15, 0.2) is 0 Å². The number of carbonyl (C=O) groups is 1. The zero-order valence-electron chi connectivity index (χ0n) is 3.79. The number of carboxylic acid groups (broad SMARTS) is 1. The molecule has 0 aromatic heterocycles. The summed E-state index contributed by atoms with van der Waals surface area (Å²) in [5.74, 6) is -1.19. The molecular formula is C3H13CaClMgNa2O3. The molecule has 0 amide bonds. The molecule has 56 valence electrons. The molecule has 0 aliphatic heterocycles. The van der Waals surface area contributed by atoms with Crippen LogP contribution < -0.4 is 0 Å². The molecule has 3 nitrogen and oxygen atoms in total. The molecule has 1 atom stereocenters. The van der Waals surface area contributed by atoms with Gasteiger partial charge in [-0.25, -0.2) is 4.79 Å². The Morgan fingerprint density at radius 1 is 1.36 bits per heavy atom. The van der Waals surface area contributed by atoms with Gasteiger partial charge in [-0.3, -0.25) is 0 Å². The summed E-state index contributed by atoms with van der Waals surface area (Å²) in [6.07, 6.45) is -1.23. The van der Waals surface area contributed by atoms with Gasteiger partial charge in [0, 0.05) is 0 Å². The number of aliphatic hydroxyl groups is 1. The van der Waals surface area contributed by atoms with E-state index in [1.54, 1.807) is 0 Å². The molecule has 0 bridgehead atoms. The quantitative estimate of drug-likeness (QED) is 0.475. The van der Waals surface area contributed by atoms with Crippen molar-refractivity contribution in [2.24, 2.45) is 0 Å². The van der Waals surface area contributed by atoms with E-state index in [1.165, 1.54) is 6.92 Å². The van der Waals surface area contributed by atoms with E-state index < -0.39 is 12.1 Å². The average Bonchev–Trinajstić information content (AvgIpc) is 1.36. The van der Waals surface area contributed by atoms with Gasteiger partial charge >= 0.3 is 126 Å². The molecule has 0 heterocycles. The predicted molar refractivity (Wildman–Crippen MR) is 58.0 cm³/mol. The fourth-order valence-corrected chi connectivity index (χ4v) is 0. The zero-order chi connectivity index (χ0) is 5.15. The topological polar surface area (TPSA) is 57.5 Å². The normalized spacial score (nSPS) is 7.45. The summed E-state index contributed by atoms with van der Waals surface area (Å²) in [6, 6.07) is 0. The van der Waals surface area contributed by atoms with E-state index in [0.29, 0.717) is 0 Å². The monoisotopic (exact) mass is 242 g/mol.